The molecule has 0 bridgehead atoms. The van der Waals surface area contributed by atoms with Gasteiger partial charge in [0.25, 0.3) is 0 Å². The molecule has 0 saturated carbocycles. The van der Waals surface area contributed by atoms with E-state index in [0.29, 0.717) is 23.6 Å². The van der Waals surface area contributed by atoms with Gasteiger partial charge in [0, 0.05) is 17.1 Å². The number of benzene rings is 2. The molecule has 106 valence electrons. The van der Waals surface area contributed by atoms with Crippen LogP contribution in [-0.4, -0.2) is 6.54 Å². The zero-order valence-electron chi connectivity index (χ0n) is 11.2. The molecule has 1 unspecified atom stereocenters. The first-order valence-electron chi connectivity index (χ1n) is 6.49. The van der Waals surface area contributed by atoms with Crippen molar-refractivity contribution in [2.75, 3.05) is 6.54 Å². The molecule has 0 aliphatic carbocycles. The Morgan fingerprint density at radius 1 is 1.10 bits per heavy atom. The van der Waals surface area contributed by atoms with Gasteiger partial charge in [0.2, 0.25) is 0 Å². The van der Waals surface area contributed by atoms with Crippen LogP contribution >= 0.6 is 11.6 Å². The lowest BCUT2D eigenvalue weighted by molar-refractivity contribution is 0.563. The molecule has 0 aliphatic heterocycles. The monoisotopic (exact) mass is 295 g/mol. The Balaban J connectivity index is 1.91. The van der Waals surface area contributed by atoms with E-state index in [1.807, 2.05) is 31.2 Å². The molecule has 0 heterocycles. The summed E-state index contributed by atoms with van der Waals surface area (Å²) in [4.78, 5) is 0. The summed E-state index contributed by atoms with van der Waals surface area (Å²) in [7, 11) is 0. The van der Waals surface area contributed by atoms with Crippen LogP contribution in [0.25, 0.3) is 0 Å². The van der Waals surface area contributed by atoms with Crippen LogP contribution in [0.2, 0.25) is 5.02 Å². The third-order valence-electron chi connectivity index (χ3n) is 3.16. The molecule has 0 aromatic heterocycles. The van der Waals surface area contributed by atoms with Crippen LogP contribution in [0.1, 0.15) is 24.1 Å². The quantitative estimate of drug-likeness (QED) is 0.855. The van der Waals surface area contributed by atoms with Gasteiger partial charge < -0.3 is 5.32 Å². The fourth-order valence-corrected chi connectivity index (χ4v) is 2.42. The van der Waals surface area contributed by atoms with Crippen LogP contribution in [0.5, 0.6) is 0 Å². The second kappa shape index (κ2) is 6.82. The third kappa shape index (κ3) is 4.02. The van der Waals surface area contributed by atoms with Crippen LogP contribution in [0, 0.1) is 11.6 Å². The first-order valence-corrected chi connectivity index (χ1v) is 6.87. The number of nitrogens with one attached hydrogen (secondary N) is 1. The van der Waals surface area contributed by atoms with Crippen molar-refractivity contribution in [1.82, 2.24) is 5.32 Å². The van der Waals surface area contributed by atoms with Crippen molar-refractivity contribution < 1.29 is 8.78 Å². The van der Waals surface area contributed by atoms with Crippen LogP contribution in [0.3, 0.4) is 0 Å². The summed E-state index contributed by atoms with van der Waals surface area (Å²) in [5.74, 6) is -1.08. The predicted octanol–water partition coefficient (Wildman–Crippen LogP) is 4.51. The Morgan fingerprint density at radius 3 is 2.40 bits per heavy atom. The van der Waals surface area contributed by atoms with E-state index in [9.17, 15) is 8.78 Å². The van der Waals surface area contributed by atoms with Crippen molar-refractivity contribution in [2.24, 2.45) is 0 Å². The van der Waals surface area contributed by atoms with Crippen LogP contribution in [0.4, 0.5) is 8.78 Å². The van der Waals surface area contributed by atoms with Gasteiger partial charge in [0.15, 0.2) is 0 Å². The lowest BCUT2D eigenvalue weighted by Gasteiger charge is -2.15. The number of hydrogen-bond acceptors (Lipinski definition) is 1. The smallest absolute Gasteiger partial charge is 0.126 e. The minimum absolute atomic E-state index is 0.0853. The molecule has 0 aliphatic rings. The highest BCUT2D eigenvalue weighted by Gasteiger charge is 2.08. The molecule has 0 spiro atoms. The van der Waals surface area contributed by atoms with Crippen molar-refractivity contribution >= 4 is 11.6 Å². The molecular formula is C16H16ClF2N. The minimum Gasteiger partial charge on any atom is -0.310 e. The summed E-state index contributed by atoms with van der Waals surface area (Å²) >= 11 is 6.12. The van der Waals surface area contributed by atoms with Gasteiger partial charge in [-0.05, 0) is 49.2 Å². The maximum atomic E-state index is 13.1. The fourth-order valence-electron chi connectivity index (χ4n) is 2.12. The standard InChI is InChI=1S/C16H16ClF2N/c1-11(15-4-2-3-5-16(15)17)20-7-6-12-8-13(18)10-14(19)9-12/h2-5,8-11,20H,6-7H2,1H3. The molecule has 20 heavy (non-hydrogen) atoms. The van der Waals surface area contributed by atoms with E-state index >= 15 is 0 Å². The van der Waals surface area contributed by atoms with Gasteiger partial charge in [-0.25, -0.2) is 8.78 Å². The molecule has 1 N–H and O–H groups in total. The molecule has 0 radical (unpaired) electrons. The summed E-state index contributed by atoms with van der Waals surface area (Å²) in [6.45, 7) is 2.63. The van der Waals surface area contributed by atoms with Gasteiger partial charge >= 0.3 is 0 Å². The average molecular weight is 296 g/mol. The summed E-state index contributed by atoms with van der Waals surface area (Å²) in [5, 5.41) is 4.01. The number of rotatable bonds is 5. The van der Waals surface area contributed by atoms with Crippen molar-refractivity contribution in [3.8, 4) is 0 Å². The van der Waals surface area contributed by atoms with E-state index in [2.05, 4.69) is 5.32 Å². The first-order chi connectivity index (χ1) is 9.56. The van der Waals surface area contributed by atoms with E-state index < -0.39 is 11.6 Å². The number of hydrogen-bond donors (Lipinski definition) is 1. The normalized spacial score (nSPS) is 12.4. The summed E-state index contributed by atoms with van der Waals surface area (Å²) in [5.41, 5.74) is 1.65. The Morgan fingerprint density at radius 2 is 1.75 bits per heavy atom. The molecule has 0 saturated heterocycles. The highest BCUT2D eigenvalue weighted by Crippen LogP contribution is 2.22. The minimum atomic E-state index is -0.542. The second-order valence-electron chi connectivity index (χ2n) is 4.73. The molecule has 4 heteroatoms. The van der Waals surface area contributed by atoms with Gasteiger partial charge in [-0.1, -0.05) is 29.8 Å². The topological polar surface area (TPSA) is 12.0 Å². The zero-order valence-corrected chi connectivity index (χ0v) is 11.9. The summed E-state index contributed by atoms with van der Waals surface area (Å²) < 4.78 is 26.1. The largest absolute Gasteiger partial charge is 0.310 e. The van der Waals surface area contributed by atoms with Gasteiger partial charge in [0.05, 0.1) is 0 Å². The van der Waals surface area contributed by atoms with Gasteiger partial charge in [0.1, 0.15) is 11.6 Å². The molecule has 2 rings (SSSR count). The van der Waals surface area contributed by atoms with Crippen LogP contribution < -0.4 is 5.32 Å². The first kappa shape index (κ1) is 14.9. The van der Waals surface area contributed by atoms with E-state index in [1.165, 1.54) is 12.1 Å². The summed E-state index contributed by atoms with van der Waals surface area (Å²) in [6, 6.07) is 11.3. The Kier molecular flexibility index (Phi) is 5.10. The van der Waals surface area contributed by atoms with Crippen molar-refractivity contribution in [1.29, 1.82) is 0 Å². The highest BCUT2D eigenvalue weighted by molar-refractivity contribution is 6.31. The summed E-state index contributed by atoms with van der Waals surface area (Å²) in [6.07, 6.45) is 0.559. The van der Waals surface area contributed by atoms with E-state index in [1.54, 1.807) is 0 Å². The Bertz CT molecular complexity index is 566. The van der Waals surface area contributed by atoms with Crippen LogP contribution in [0.15, 0.2) is 42.5 Å². The number of halogens is 3. The molecule has 2 aromatic carbocycles. The van der Waals surface area contributed by atoms with Gasteiger partial charge in [-0.15, -0.1) is 0 Å². The van der Waals surface area contributed by atoms with Gasteiger partial charge in [-0.3, -0.25) is 0 Å². The third-order valence-corrected chi connectivity index (χ3v) is 3.50. The molecule has 0 amide bonds. The Hall–Kier alpha value is -1.45. The highest BCUT2D eigenvalue weighted by atomic mass is 35.5. The maximum absolute atomic E-state index is 13.1. The molecule has 0 fully saturated rings. The zero-order chi connectivity index (χ0) is 14.5. The molecule has 2 aromatic rings. The average Bonchev–Trinajstić information content (AvgIpc) is 2.38. The lowest BCUT2D eigenvalue weighted by Crippen LogP contribution is -2.21. The van der Waals surface area contributed by atoms with E-state index in [0.717, 1.165) is 11.6 Å². The molecule has 1 nitrogen and oxygen atoms in total. The molecular weight excluding hydrogens is 280 g/mol. The Labute approximate surface area is 122 Å². The predicted molar refractivity (Wildman–Crippen MR) is 77.9 cm³/mol. The van der Waals surface area contributed by atoms with E-state index in [4.69, 9.17) is 11.6 Å². The van der Waals surface area contributed by atoms with Crippen molar-refractivity contribution in [2.45, 2.75) is 19.4 Å². The van der Waals surface area contributed by atoms with Crippen molar-refractivity contribution in [3.63, 3.8) is 0 Å². The van der Waals surface area contributed by atoms with Crippen LogP contribution in [-0.2, 0) is 6.42 Å². The lowest BCUT2D eigenvalue weighted by atomic mass is 10.1. The second-order valence-corrected chi connectivity index (χ2v) is 5.13. The molecule has 1 atom stereocenters. The maximum Gasteiger partial charge on any atom is 0.126 e. The fraction of sp³-hybridized carbons (Fsp3) is 0.250. The van der Waals surface area contributed by atoms with E-state index in [-0.39, 0.29) is 6.04 Å². The SMILES string of the molecule is CC(NCCc1cc(F)cc(F)c1)c1ccccc1Cl. The van der Waals surface area contributed by atoms with Crippen molar-refractivity contribution in [3.05, 3.63) is 70.2 Å². The van der Waals surface area contributed by atoms with Gasteiger partial charge in [-0.2, -0.15) is 0 Å².